The SMILES string of the molecule is COC[C@]1(O)CCCC[C@H]1n1cnc(C(=O)N2CCNC[C@H]2CCOc2ccc(C(=O)OC)cc2)c1-c1ccccc1. The number of benzene rings is 2. The molecule has 2 N–H and O–H groups in total. The van der Waals surface area contributed by atoms with Gasteiger partial charge in [-0.1, -0.05) is 43.2 Å². The molecule has 0 unspecified atom stereocenters. The van der Waals surface area contributed by atoms with Crippen LogP contribution in [0.25, 0.3) is 11.3 Å². The van der Waals surface area contributed by atoms with E-state index in [9.17, 15) is 14.7 Å². The summed E-state index contributed by atoms with van der Waals surface area (Å²) in [6.45, 7) is 2.51. The fraction of sp³-hybridized carbons (Fsp3) is 0.469. The molecule has 3 aromatic rings. The zero-order valence-corrected chi connectivity index (χ0v) is 24.3. The van der Waals surface area contributed by atoms with Gasteiger partial charge in [0.2, 0.25) is 0 Å². The van der Waals surface area contributed by atoms with Crippen molar-refractivity contribution in [2.45, 2.75) is 49.8 Å². The number of amides is 1. The van der Waals surface area contributed by atoms with Crippen LogP contribution in [0.4, 0.5) is 0 Å². The molecule has 42 heavy (non-hydrogen) atoms. The molecule has 3 atom stereocenters. The maximum Gasteiger partial charge on any atom is 0.337 e. The summed E-state index contributed by atoms with van der Waals surface area (Å²) in [5.74, 6) is 0.117. The molecule has 1 saturated heterocycles. The van der Waals surface area contributed by atoms with Gasteiger partial charge in [0.15, 0.2) is 5.69 Å². The van der Waals surface area contributed by atoms with E-state index in [4.69, 9.17) is 19.2 Å². The number of hydrogen-bond donors (Lipinski definition) is 2. The largest absolute Gasteiger partial charge is 0.494 e. The lowest BCUT2D eigenvalue weighted by Crippen LogP contribution is -2.54. The lowest BCUT2D eigenvalue weighted by Gasteiger charge is -2.41. The Morgan fingerprint density at radius 3 is 2.62 bits per heavy atom. The van der Waals surface area contributed by atoms with Gasteiger partial charge < -0.3 is 34.1 Å². The first kappa shape index (κ1) is 29.8. The summed E-state index contributed by atoms with van der Waals surface area (Å²) >= 11 is 0. The second-order valence-electron chi connectivity index (χ2n) is 11.0. The summed E-state index contributed by atoms with van der Waals surface area (Å²) in [6, 6.07) is 16.3. The Labute approximate surface area is 246 Å². The van der Waals surface area contributed by atoms with Crippen LogP contribution < -0.4 is 10.1 Å². The third kappa shape index (κ3) is 6.35. The summed E-state index contributed by atoms with van der Waals surface area (Å²) in [7, 11) is 2.96. The van der Waals surface area contributed by atoms with Crippen molar-refractivity contribution in [3.05, 3.63) is 72.2 Å². The average molecular weight is 577 g/mol. The summed E-state index contributed by atoms with van der Waals surface area (Å²) in [4.78, 5) is 32.5. The highest BCUT2D eigenvalue weighted by atomic mass is 16.5. The Morgan fingerprint density at radius 1 is 1.10 bits per heavy atom. The predicted molar refractivity (Wildman–Crippen MR) is 158 cm³/mol. The van der Waals surface area contributed by atoms with Crippen molar-refractivity contribution >= 4 is 11.9 Å². The normalized spacial score (nSPS) is 22.5. The molecule has 2 aliphatic rings. The predicted octanol–water partition coefficient (Wildman–Crippen LogP) is 3.71. The van der Waals surface area contributed by atoms with Crippen LogP contribution in [0.5, 0.6) is 5.75 Å². The molecule has 1 aliphatic heterocycles. The fourth-order valence-electron chi connectivity index (χ4n) is 6.20. The van der Waals surface area contributed by atoms with E-state index in [1.54, 1.807) is 37.7 Å². The molecule has 2 heterocycles. The van der Waals surface area contributed by atoms with Crippen LogP contribution >= 0.6 is 0 Å². The monoisotopic (exact) mass is 576 g/mol. The van der Waals surface area contributed by atoms with Crippen molar-refractivity contribution in [2.24, 2.45) is 0 Å². The first-order valence-electron chi connectivity index (χ1n) is 14.6. The molecule has 10 heteroatoms. The number of ether oxygens (including phenoxy) is 3. The molecule has 2 fully saturated rings. The van der Waals surface area contributed by atoms with Crippen LogP contribution in [0, 0.1) is 0 Å². The molecule has 0 spiro atoms. The second-order valence-corrected chi connectivity index (χ2v) is 11.0. The zero-order chi connectivity index (χ0) is 29.5. The number of nitrogens with one attached hydrogen (secondary N) is 1. The lowest BCUT2D eigenvalue weighted by molar-refractivity contribution is -0.0893. The summed E-state index contributed by atoms with van der Waals surface area (Å²) in [6.07, 6.45) is 5.65. The number of nitrogens with zero attached hydrogens (tertiary/aromatic N) is 3. The van der Waals surface area contributed by atoms with E-state index in [0.717, 1.165) is 30.5 Å². The van der Waals surface area contributed by atoms with Gasteiger partial charge in [-0.05, 0) is 37.1 Å². The minimum Gasteiger partial charge on any atom is -0.494 e. The van der Waals surface area contributed by atoms with Gasteiger partial charge in [0, 0.05) is 44.8 Å². The van der Waals surface area contributed by atoms with E-state index in [2.05, 4.69) is 5.32 Å². The molecule has 5 rings (SSSR count). The van der Waals surface area contributed by atoms with Crippen LogP contribution in [-0.4, -0.2) is 90.1 Å². The minimum absolute atomic E-state index is 0.0885. The molecule has 2 aromatic carbocycles. The smallest absolute Gasteiger partial charge is 0.337 e. The lowest BCUT2D eigenvalue weighted by atomic mass is 9.80. The van der Waals surface area contributed by atoms with Crippen LogP contribution in [0.2, 0.25) is 0 Å². The number of piperazine rings is 1. The zero-order valence-electron chi connectivity index (χ0n) is 24.3. The summed E-state index contributed by atoms with van der Waals surface area (Å²) in [5.41, 5.74) is 1.41. The molecule has 0 radical (unpaired) electrons. The number of carbonyl (C=O) groups is 2. The number of aliphatic hydroxyl groups is 1. The molecule has 1 aromatic heterocycles. The maximum atomic E-state index is 14.2. The number of hydrogen-bond acceptors (Lipinski definition) is 8. The van der Waals surface area contributed by atoms with E-state index in [1.165, 1.54) is 7.11 Å². The maximum absolute atomic E-state index is 14.2. The Morgan fingerprint density at radius 2 is 1.88 bits per heavy atom. The Hall–Kier alpha value is -3.73. The van der Waals surface area contributed by atoms with E-state index in [0.29, 0.717) is 56.1 Å². The molecule has 1 aliphatic carbocycles. The fourth-order valence-corrected chi connectivity index (χ4v) is 6.20. The van der Waals surface area contributed by atoms with Gasteiger partial charge >= 0.3 is 5.97 Å². The number of imidazole rings is 1. The molecule has 1 saturated carbocycles. The average Bonchev–Trinajstić information content (AvgIpc) is 3.46. The van der Waals surface area contributed by atoms with Gasteiger partial charge in [0.25, 0.3) is 5.91 Å². The molecule has 224 valence electrons. The highest BCUT2D eigenvalue weighted by Gasteiger charge is 2.42. The first-order chi connectivity index (χ1) is 20.4. The number of carbonyl (C=O) groups excluding carboxylic acids is 2. The standard InChI is InChI=1S/C32H40N4O6/c1-40-21-32(39)16-7-6-10-27(32)36-22-34-28(29(36)23-8-4-3-5-9-23)30(37)35-18-17-33-20-25(35)15-19-42-26-13-11-24(12-14-26)31(38)41-2/h3-5,8-9,11-14,22,25,27,33,39H,6-7,10,15-21H2,1-2H3/t25-,27-,32-/m1/s1. The number of aromatic nitrogens is 2. The van der Waals surface area contributed by atoms with E-state index < -0.39 is 11.6 Å². The van der Waals surface area contributed by atoms with Crippen molar-refractivity contribution in [3.8, 4) is 17.0 Å². The van der Waals surface area contributed by atoms with Crippen LogP contribution in [-0.2, 0) is 9.47 Å². The Bertz CT molecular complexity index is 1340. The minimum atomic E-state index is -1.04. The van der Waals surface area contributed by atoms with Gasteiger partial charge in [-0.15, -0.1) is 0 Å². The van der Waals surface area contributed by atoms with Gasteiger partial charge in [0.05, 0.1) is 44.0 Å². The molecule has 0 bridgehead atoms. The quantitative estimate of drug-likeness (QED) is 0.351. The highest BCUT2D eigenvalue weighted by molar-refractivity contribution is 5.98. The highest BCUT2D eigenvalue weighted by Crippen LogP contribution is 2.41. The van der Waals surface area contributed by atoms with E-state index >= 15 is 0 Å². The van der Waals surface area contributed by atoms with Crippen LogP contribution in [0.15, 0.2) is 60.9 Å². The Kier molecular flexibility index (Phi) is 9.56. The third-order valence-corrected chi connectivity index (χ3v) is 8.34. The Balaban J connectivity index is 1.37. The third-order valence-electron chi connectivity index (χ3n) is 8.34. The van der Waals surface area contributed by atoms with Gasteiger partial charge in [0.1, 0.15) is 11.4 Å². The summed E-state index contributed by atoms with van der Waals surface area (Å²) < 4.78 is 18.1. The number of esters is 1. The van der Waals surface area contributed by atoms with E-state index in [1.807, 2.05) is 39.8 Å². The van der Waals surface area contributed by atoms with E-state index in [-0.39, 0.29) is 24.6 Å². The van der Waals surface area contributed by atoms with Crippen molar-refractivity contribution in [3.63, 3.8) is 0 Å². The molecule has 10 nitrogen and oxygen atoms in total. The second kappa shape index (κ2) is 13.5. The van der Waals surface area contributed by atoms with Crippen LogP contribution in [0.3, 0.4) is 0 Å². The van der Waals surface area contributed by atoms with Crippen molar-refractivity contribution in [2.75, 3.05) is 47.1 Å². The van der Waals surface area contributed by atoms with Crippen molar-refractivity contribution < 1.29 is 28.9 Å². The summed E-state index contributed by atoms with van der Waals surface area (Å²) in [5, 5.41) is 15.0. The topological polar surface area (TPSA) is 115 Å². The molecular formula is C32H40N4O6. The molecule has 1 amide bonds. The van der Waals surface area contributed by atoms with Crippen LogP contribution in [0.1, 0.15) is 59.0 Å². The number of methoxy groups -OCH3 is 2. The van der Waals surface area contributed by atoms with Crippen molar-refractivity contribution in [1.29, 1.82) is 0 Å². The van der Waals surface area contributed by atoms with Crippen molar-refractivity contribution in [1.82, 2.24) is 19.8 Å². The van der Waals surface area contributed by atoms with Gasteiger partial charge in [-0.2, -0.15) is 0 Å². The number of rotatable bonds is 10. The first-order valence-corrected chi connectivity index (χ1v) is 14.6. The van der Waals surface area contributed by atoms with Gasteiger partial charge in [-0.3, -0.25) is 4.79 Å². The van der Waals surface area contributed by atoms with Gasteiger partial charge in [-0.25, -0.2) is 9.78 Å². The molecular weight excluding hydrogens is 536 g/mol.